The Labute approximate surface area is 221 Å². The highest BCUT2D eigenvalue weighted by molar-refractivity contribution is 7.73. The second-order valence-corrected chi connectivity index (χ2v) is 16.7. The van der Waals surface area contributed by atoms with Gasteiger partial charge in [-0.3, -0.25) is 9.69 Å². The van der Waals surface area contributed by atoms with Crippen molar-refractivity contribution < 1.29 is 4.79 Å². The molecule has 1 saturated heterocycles. The smallest absolute Gasteiger partial charge is 0.238 e. The van der Waals surface area contributed by atoms with Crippen LogP contribution >= 0.6 is 15.8 Å². The molecule has 2 saturated carbocycles. The number of hydrogen-bond donors (Lipinski definition) is 1. The molecule has 5 rings (SSSR count). The van der Waals surface area contributed by atoms with Gasteiger partial charge in [-0.25, -0.2) is 0 Å². The number of benzene rings is 2. The lowest BCUT2D eigenvalue weighted by atomic mass is 9.98. The molecule has 5 heteroatoms. The molecule has 0 spiro atoms. The Morgan fingerprint density at radius 2 is 1.28 bits per heavy atom. The predicted molar refractivity (Wildman–Crippen MR) is 158 cm³/mol. The first kappa shape index (κ1) is 26.3. The highest BCUT2D eigenvalue weighted by atomic mass is 31.1. The van der Waals surface area contributed by atoms with E-state index in [1.54, 1.807) is 0 Å². The largest absolute Gasteiger partial charge is 0.368 e. The van der Waals surface area contributed by atoms with Crippen LogP contribution in [0.2, 0.25) is 0 Å². The molecule has 0 unspecified atom stereocenters. The van der Waals surface area contributed by atoms with E-state index >= 15 is 0 Å². The lowest BCUT2D eigenvalue weighted by Crippen LogP contribution is -2.55. The average molecular weight is 523 g/mol. The van der Waals surface area contributed by atoms with Crippen LogP contribution in [-0.4, -0.2) is 53.1 Å². The lowest BCUT2D eigenvalue weighted by molar-refractivity contribution is -0.126. The maximum Gasteiger partial charge on any atom is 0.238 e. The van der Waals surface area contributed by atoms with Gasteiger partial charge in [-0.1, -0.05) is 107 Å². The van der Waals surface area contributed by atoms with Gasteiger partial charge >= 0.3 is 0 Å². The van der Waals surface area contributed by atoms with Crippen molar-refractivity contribution >= 4 is 32.4 Å². The van der Waals surface area contributed by atoms with E-state index in [4.69, 9.17) is 5.73 Å². The second kappa shape index (κ2) is 12.1. The van der Waals surface area contributed by atoms with Crippen LogP contribution in [0.15, 0.2) is 60.7 Å². The zero-order valence-electron chi connectivity index (χ0n) is 22.0. The molecule has 2 atom stereocenters. The van der Waals surface area contributed by atoms with Gasteiger partial charge in [0.2, 0.25) is 5.91 Å². The minimum Gasteiger partial charge on any atom is -0.368 e. The molecule has 2 N–H and O–H groups in total. The van der Waals surface area contributed by atoms with Crippen LogP contribution in [0.1, 0.15) is 70.6 Å². The molecular formula is C31H44N2OP2. The first-order valence-electron chi connectivity index (χ1n) is 14.2. The number of likely N-dealkylation sites (tertiary alicyclic amines) is 1. The van der Waals surface area contributed by atoms with E-state index in [9.17, 15) is 4.79 Å². The Bertz CT molecular complexity index is 917. The summed E-state index contributed by atoms with van der Waals surface area (Å²) < 4.78 is 0. The molecule has 3 aliphatic rings. The highest BCUT2D eigenvalue weighted by Crippen LogP contribution is 2.62. The van der Waals surface area contributed by atoms with Gasteiger partial charge in [0.15, 0.2) is 0 Å². The Kier molecular flexibility index (Phi) is 8.83. The van der Waals surface area contributed by atoms with E-state index in [1.165, 1.54) is 74.8 Å². The van der Waals surface area contributed by atoms with Gasteiger partial charge in [-0.2, -0.15) is 0 Å². The van der Waals surface area contributed by atoms with Crippen LogP contribution in [0.4, 0.5) is 0 Å². The van der Waals surface area contributed by atoms with E-state index < -0.39 is 13.5 Å². The average Bonchev–Trinajstić information content (AvgIpc) is 3.26. The number of primary amides is 1. The van der Waals surface area contributed by atoms with Gasteiger partial charge < -0.3 is 5.73 Å². The summed E-state index contributed by atoms with van der Waals surface area (Å²) in [7, 11) is 1.44. The van der Waals surface area contributed by atoms with E-state index in [1.807, 2.05) is 0 Å². The molecule has 3 nitrogen and oxygen atoms in total. The molecule has 3 fully saturated rings. The van der Waals surface area contributed by atoms with E-state index in [-0.39, 0.29) is 13.8 Å². The predicted octanol–water partition coefficient (Wildman–Crippen LogP) is 6.19. The molecule has 1 heterocycles. The number of carbonyl (C=O) groups excluding carboxylic acids is 1. The fraction of sp³-hybridized carbons (Fsp3) is 0.581. The number of rotatable bonds is 8. The quantitative estimate of drug-likeness (QED) is 0.420. The summed E-state index contributed by atoms with van der Waals surface area (Å²) in [5.74, 6) is -0.103. The van der Waals surface area contributed by atoms with Crippen LogP contribution in [-0.2, 0) is 4.79 Å². The minimum atomic E-state index is -0.672. The topological polar surface area (TPSA) is 46.3 Å². The number of nitrogens with zero attached hydrogens (tertiary/aromatic N) is 1. The summed E-state index contributed by atoms with van der Waals surface area (Å²) in [6, 6.07) is 21.7. The van der Waals surface area contributed by atoms with Crippen LogP contribution in [0.25, 0.3) is 0 Å². The summed E-state index contributed by atoms with van der Waals surface area (Å²) in [5, 5.41) is 2.69. The number of hydrogen-bond acceptors (Lipinski definition) is 2. The zero-order chi connectivity index (χ0) is 25.0. The molecule has 36 heavy (non-hydrogen) atoms. The molecule has 1 aliphatic heterocycles. The van der Waals surface area contributed by atoms with Crippen LogP contribution in [0, 0.1) is 0 Å². The van der Waals surface area contributed by atoms with Crippen molar-refractivity contribution in [3.63, 3.8) is 0 Å². The molecule has 1 amide bonds. The van der Waals surface area contributed by atoms with Gasteiger partial charge in [0, 0.05) is 12.7 Å². The van der Waals surface area contributed by atoms with Gasteiger partial charge in [0.1, 0.15) is 5.54 Å². The molecule has 2 aromatic carbocycles. The highest BCUT2D eigenvalue weighted by Gasteiger charge is 2.53. The Morgan fingerprint density at radius 3 is 1.72 bits per heavy atom. The Hall–Kier alpha value is -1.27. The van der Waals surface area contributed by atoms with E-state index in [0.717, 1.165) is 30.4 Å². The van der Waals surface area contributed by atoms with Gasteiger partial charge in [-0.15, -0.1) is 0 Å². The third-order valence-electron chi connectivity index (χ3n) is 9.22. The van der Waals surface area contributed by atoms with Gasteiger partial charge in [0.05, 0.1) is 0 Å². The third-order valence-corrected chi connectivity index (χ3v) is 15.8. The molecule has 0 bridgehead atoms. The zero-order valence-corrected chi connectivity index (χ0v) is 23.8. The van der Waals surface area contributed by atoms with Crippen molar-refractivity contribution in [3.05, 3.63) is 60.7 Å². The van der Waals surface area contributed by atoms with Crippen molar-refractivity contribution in [2.75, 3.05) is 19.8 Å². The molecule has 0 radical (unpaired) electrons. The van der Waals surface area contributed by atoms with Crippen LogP contribution < -0.4 is 16.3 Å². The number of amides is 1. The lowest BCUT2D eigenvalue weighted by Gasteiger charge is -2.42. The summed E-state index contributed by atoms with van der Waals surface area (Å²) >= 11 is 0. The molecule has 0 aromatic heterocycles. The van der Waals surface area contributed by atoms with Crippen molar-refractivity contribution in [1.82, 2.24) is 4.90 Å². The van der Waals surface area contributed by atoms with Crippen molar-refractivity contribution in [2.45, 2.75) is 93.1 Å². The maximum absolute atomic E-state index is 13.5. The van der Waals surface area contributed by atoms with Crippen LogP contribution in [0.5, 0.6) is 0 Å². The maximum atomic E-state index is 13.5. The van der Waals surface area contributed by atoms with Gasteiger partial charge in [-0.05, 0) is 74.7 Å². The summed E-state index contributed by atoms with van der Waals surface area (Å²) in [5.41, 5.74) is 8.29. The minimum absolute atomic E-state index is 0.0837. The second-order valence-electron chi connectivity index (χ2n) is 11.4. The number of likely N-dealkylation sites (N-methyl/N-ethyl adjacent to an activating group) is 1. The number of carbonyl (C=O) groups is 1. The van der Waals surface area contributed by atoms with Crippen molar-refractivity contribution in [2.24, 2.45) is 5.73 Å². The Morgan fingerprint density at radius 1 is 0.806 bits per heavy atom. The third kappa shape index (κ3) is 5.60. The fourth-order valence-electron chi connectivity index (χ4n) is 7.31. The summed E-state index contributed by atoms with van der Waals surface area (Å²) in [4.78, 5) is 15.9. The SMILES string of the molecule is CN1C[C@@H](P(C2CCCCC2)C2CCCCC2)C[C@@]1(CP(c1ccccc1)c1ccccc1)C(N)=O. The molecule has 2 aliphatic carbocycles. The monoisotopic (exact) mass is 522 g/mol. The van der Waals surface area contributed by atoms with E-state index in [2.05, 4.69) is 72.6 Å². The van der Waals surface area contributed by atoms with Crippen molar-refractivity contribution in [3.8, 4) is 0 Å². The first-order valence-corrected chi connectivity index (χ1v) is 17.3. The molecule has 194 valence electrons. The van der Waals surface area contributed by atoms with Crippen LogP contribution in [0.3, 0.4) is 0 Å². The normalized spacial score (nSPS) is 26.6. The fourth-order valence-corrected chi connectivity index (χ4v) is 14.7. The standard InChI is InChI=1S/C31H44N2OP2/c1-33-23-29(36(27-18-10-4-11-19-27)28-20-12-5-13-21-28)22-31(33,30(32)34)24-35(25-14-6-2-7-15-25)26-16-8-3-9-17-26/h2-3,6-9,14-17,27-29H,4-5,10-13,18-24H2,1H3,(H2,32,34)/t29-,31+/m0/s1. The number of nitrogens with two attached hydrogens (primary N) is 1. The molecular weight excluding hydrogens is 478 g/mol. The Balaban J connectivity index is 1.46. The summed E-state index contributed by atoms with van der Waals surface area (Å²) in [6.07, 6.45) is 16.0. The van der Waals surface area contributed by atoms with E-state index in [0.29, 0.717) is 5.66 Å². The van der Waals surface area contributed by atoms with Crippen molar-refractivity contribution in [1.29, 1.82) is 0 Å². The summed E-state index contributed by atoms with van der Waals surface area (Å²) in [6.45, 7) is 1.05. The molecule has 2 aromatic rings. The first-order chi connectivity index (χ1) is 17.6. The van der Waals surface area contributed by atoms with Gasteiger partial charge in [0.25, 0.3) is 0 Å².